The Morgan fingerprint density at radius 2 is 2.06 bits per heavy atom. The first-order valence-electron chi connectivity index (χ1n) is 7.48. The molecule has 0 aromatic heterocycles. The molecule has 3 atom stereocenters. The third-order valence-corrected chi connectivity index (χ3v) is 4.91. The van der Waals surface area contributed by atoms with Gasteiger partial charge in [0.15, 0.2) is 0 Å². The smallest absolute Gasteiger partial charge is 0.0579 e. The number of ether oxygens (including phenoxy) is 1. The highest BCUT2D eigenvalue weighted by Crippen LogP contribution is 2.34. The SMILES string of the molecule is CC1CCC(C(C)C)C(NCC2(CO)COC2)C1. The Morgan fingerprint density at radius 1 is 1.33 bits per heavy atom. The van der Waals surface area contributed by atoms with Crippen LogP contribution in [0.25, 0.3) is 0 Å². The molecule has 18 heavy (non-hydrogen) atoms. The molecule has 0 amide bonds. The minimum atomic E-state index is 0.00220. The van der Waals surface area contributed by atoms with Gasteiger partial charge in [-0.25, -0.2) is 0 Å². The van der Waals surface area contributed by atoms with E-state index in [2.05, 4.69) is 26.1 Å². The van der Waals surface area contributed by atoms with E-state index in [-0.39, 0.29) is 12.0 Å². The van der Waals surface area contributed by atoms with Gasteiger partial charge in [-0.3, -0.25) is 0 Å². The van der Waals surface area contributed by atoms with Gasteiger partial charge >= 0.3 is 0 Å². The van der Waals surface area contributed by atoms with Crippen molar-refractivity contribution in [2.75, 3.05) is 26.4 Å². The molecule has 0 spiro atoms. The Balaban J connectivity index is 1.88. The van der Waals surface area contributed by atoms with Crippen molar-refractivity contribution in [2.24, 2.45) is 23.2 Å². The Hall–Kier alpha value is -0.120. The van der Waals surface area contributed by atoms with E-state index in [4.69, 9.17) is 4.74 Å². The maximum atomic E-state index is 9.47. The molecule has 1 heterocycles. The molecule has 0 bridgehead atoms. The van der Waals surface area contributed by atoms with Crippen molar-refractivity contribution in [2.45, 2.75) is 46.1 Å². The summed E-state index contributed by atoms with van der Waals surface area (Å²) in [5.74, 6) is 2.37. The maximum Gasteiger partial charge on any atom is 0.0579 e. The third kappa shape index (κ3) is 3.06. The molecule has 3 nitrogen and oxygen atoms in total. The van der Waals surface area contributed by atoms with Gasteiger partial charge in [0.05, 0.1) is 25.2 Å². The van der Waals surface area contributed by atoms with E-state index in [1.165, 1.54) is 19.3 Å². The van der Waals surface area contributed by atoms with E-state index in [1.807, 2.05) is 0 Å². The van der Waals surface area contributed by atoms with Crippen molar-refractivity contribution < 1.29 is 9.84 Å². The van der Waals surface area contributed by atoms with Gasteiger partial charge in [-0.2, -0.15) is 0 Å². The molecule has 106 valence electrons. The molecule has 1 saturated heterocycles. The molecule has 1 saturated carbocycles. The molecule has 0 radical (unpaired) electrons. The standard InChI is InChI=1S/C15H29NO2/c1-11(2)13-5-4-12(3)6-14(13)16-7-15(8-17)9-18-10-15/h11-14,16-17H,4-10H2,1-3H3. The molecule has 3 unspecified atom stereocenters. The van der Waals surface area contributed by atoms with Gasteiger partial charge in [0.2, 0.25) is 0 Å². The van der Waals surface area contributed by atoms with Crippen molar-refractivity contribution >= 4 is 0 Å². The fraction of sp³-hybridized carbons (Fsp3) is 1.00. The molecule has 1 aliphatic heterocycles. The van der Waals surface area contributed by atoms with Crippen molar-refractivity contribution in [3.05, 3.63) is 0 Å². The number of aliphatic hydroxyl groups excluding tert-OH is 1. The number of nitrogens with one attached hydrogen (secondary N) is 1. The van der Waals surface area contributed by atoms with Crippen molar-refractivity contribution in [1.82, 2.24) is 5.32 Å². The average Bonchev–Trinajstić information content (AvgIpc) is 2.28. The topological polar surface area (TPSA) is 41.5 Å². The van der Waals surface area contributed by atoms with Crippen molar-refractivity contribution in [1.29, 1.82) is 0 Å². The van der Waals surface area contributed by atoms with Crippen LogP contribution in [0.5, 0.6) is 0 Å². The van der Waals surface area contributed by atoms with Crippen molar-refractivity contribution in [3.63, 3.8) is 0 Å². The summed E-state index contributed by atoms with van der Waals surface area (Å²) < 4.78 is 5.26. The fourth-order valence-electron chi connectivity index (χ4n) is 3.42. The van der Waals surface area contributed by atoms with E-state index in [0.29, 0.717) is 19.3 Å². The van der Waals surface area contributed by atoms with Gasteiger partial charge in [-0.05, 0) is 30.6 Å². The van der Waals surface area contributed by atoms with Crippen LogP contribution in [-0.4, -0.2) is 37.5 Å². The summed E-state index contributed by atoms with van der Waals surface area (Å²) in [5, 5.41) is 13.2. The second-order valence-corrected chi connectivity index (χ2v) is 6.96. The van der Waals surface area contributed by atoms with E-state index in [1.54, 1.807) is 0 Å². The summed E-state index contributed by atoms with van der Waals surface area (Å²) >= 11 is 0. The van der Waals surface area contributed by atoms with E-state index in [0.717, 1.165) is 24.3 Å². The number of hydrogen-bond donors (Lipinski definition) is 2. The second kappa shape index (κ2) is 5.89. The van der Waals surface area contributed by atoms with Crippen LogP contribution in [0.1, 0.15) is 40.0 Å². The van der Waals surface area contributed by atoms with Gasteiger partial charge in [-0.1, -0.05) is 27.2 Å². The normalized spacial score (nSPS) is 35.5. The highest BCUT2D eigenvalue weighted by Gasteiger charge is 2.39. The highest BCUT2D eigenvalue weighted by atomic mass is 16.5. The van der Waals surface area contributed by atoms with Crippen LogP contribution >= 0.6 is 0 Å². The second-order valence-electron chi connectivity index (χ2n) is 6.96. The summed E-state index contributed by atoms with van der Waals surface area (Å²) in [6.45, 7) is 9.61. The van der Waals surface area contributed by atoms with Crippen LogP contribution in [0.4, 0.5) is 0 Å². The first-order valence-corrected chi connectivity index (χ1v) is 7.48. The predicted octanol–water partition coefficient (Wildman–Crippen LogP) is 2.05. The zero-order valence-corrected chi connectivity index (χ0v) is 12.1. The zero-order valence-electron chi connectivity index (χ0n) is 12.1. The summed E-state index contributed by atoms with van der Waals surface area (Å²) in [4.78, 5) is 0. The minimum Gasteiger partial charge on any atom is -0.396 e. The van der Waals surface area contributed by atoms with Crippen molar-refractivity contribution in [3.8, 4) is 0 Å². The van der Waals surface area contributed by atoms with Gasteiger partial charge < -0.3 is 15.2 Å². The lowest BCUT2D eigenvalue weighted by Gasteiger charge is -2.44. The molecule has 1 aliphatic carbocycles. The molecule has 2 N–H and O–H groups in total. The van der Waals surface area contributed by atoms with Crippen LogP contribution in [0.2, 0.25) is 0 Å². The van der Waals surface area contributed by atoms with E-state index in [9.17, 15) is 5.11 Å². The number of rotatable bonds is 5. The Labute approximate surface area is 111 Å². The van der Waals surface area contributed by atoms with Crippen LogP contribution < -0.4 is 5.32 Å². The summed E-state index contributed by atoms with van der Waals surface area (Å²) in [6.07, 6.45) is 4.00. The van der Waals surface area contributed by atoms with Gasteiger partial charge in [0.25, 0.3) is 0 Å². The van der Waals surface area contributed by atoms with Gasteiger partial charge in [0.1, 0.15) is 0 Å². The first-order chi connectivity index (χ1) is 8.56. The zero-order chi connectivity index (χ0) is 13.2. The Bertz CT molecular complexity index is 258. The number of hydrogen-bond acceptors (Lipinski definition) is 3. The summed E-state index contributed by atoms with van der Waals surface area (Å²) in [7, 11) is 0. The Kier molecular flexibility index (Phi) is 4.68. The molecule has 2 fully saturated rings. The fourth-order valence-corrected chi connectivity index (χ4v) is 3.42. The largest absolute Gasteiger partial charge is 0.396 e. The average molecular weight is 255 g/mol. The van der Waals surface area contributed by atoms with Gasteiger partial charge in [-0.15, -0.1) is 0 Å². The van der Waals surface area contributed by atoms with Crippen LogP contribution in [0.3, 0.4) is 0 Å². The lowest BCUT2D eigenvalue weighted by Crippen LogP contribution is -2.55. The third-order valence-electron chi connectivity index (χ3n) is 4.91. The van der Waals surface area contributed by atoms with Crippen LogP contribution in [0, 0.1) is 23.2 Å². The maximum absolute atomic E-state index is 9.47. The molecule has 2 rings (SSSR count). The quantitative estimate of drug-likeness (QED) is 0.790. The van der Waals surface area contributed by atoms with E-state index >= 15 is 0 Å². The molecule has 0 aromatic rings. The van der Waals surface area contributed by atoms with Crippen LogP contribution in [0.15, 0.2) is 0 Å². The Morgan fingerprint density at radius 3 is 2.56 bits per heavy atom. The monoisotopic (exact) mass is 255 g/mol. The molecule has 0 aromatic carbocycles. The van der Waals surface area contributed by atoms with Crippen LogP contribution in [-0.2, 0) is 4.74 Å². The molecular formula is C15H29NO2. The highest BCUT2D eigenvalue weighted by molar-refractivity contribution is 4.91. The molecular weight excluding hydrogens is 226 g/mol. The lowest BCUT2D eigenvalue weighted by atomic mass is 9.73. The van der Waals surface area contributed by atoms with E-state index < -0.39 is 0 Å². The summed E-state index contributed by atoms with van der Waals surface area (Å²) in [5.41, 5.74) is 0.00220. The number of aliphatic hydroxyl groups is 1. The minimum absolute atomic E-state index is 0.00220. The summed E-state index contributed by atoms with van der Waals surface area (Å²) in [6, 6.07) is 0.623. The molecule has 2 aliphatic rings. The predicted molar refractivity (Wildman–Crippen MR) is 73.5 cm³/mol. The molecule has 3 heteroatoms. The lowest BCUT2D eigenvalue weighted by molar-refractivity contribution is -0.136. The van der Waals surface area contributed by atoms with Gasteiger partial charge in [0, 0.05) is 12.6 Å². The first kappa shape index (κ1) is 14.3.